The second-order valence-corrected chi connectivity index (χ2v) is 2.16. The zero-order valence-corrected chi connectivity index (χ0v) is 7.57. The quantitative estimate of drug-likeness (QED) is 0.576. The first kappa shape index (κ1) is 12.6. The van der Waals surface area contributed by atoms with E-state index in [0.717, 1.165) is 0 Å². The Morgan fingerprint density at radius 1 is 1.27 bits per heavy atom. The summed E-state index contributed by atoms with van der Waals surface area (Å²) in [5.74, 6) is -2.05. The van der Waals surface area contributed by atoms with Crippen molar-refractivity contribution in [3.05, 3.63) is 30.5 Å². The second-order valence-electron chi connectivity index (χ2n) is 2.16. The standard InChI is InChI=1S/C4H5N3.C4H4O4/c5-4-2-1-3-6-7-4;5-3(6)1-2-4(7)8/h1-3H,(H2,5,7);1-2H,(H,5,6)(H,7,8)/b;2-1-. The maximum Gasteiger partial charge on any atom is 0.328 e. The number of hydrogen-bond donors (Lipinski definition) is 3. The number of rotatable bonds is 2. The van der Waals surface area contributed by atoms with Crippen LogP contribution < -0.4 is 5.73 Å². The van der Waals surface area contributed by atoms with Crippen LogP contribution in [0.3, 0.4) is 0 Å². The third kappa shape index (κ3) is 9.47. The first-order chi connectivity index (χ1) is 7.02. The number of carbonyl (C=O) groups is 2. The molecule has 0 amide bonds. The van der Waals surface area contributed by atoms with Gasteiger partial charge in [0.2, 0.25) is 0 Å². The summed E-state index contributed by atoms with van der Waals surface area (Å²) in [6.45, 7) is 0. The van der Waals surface area contributed by atoms with E-state index >= 15 is 0 Å². The van der Waals surface area contributed by atoms with E-state index in [2.05, 4.69) is 10.2 Å². The van der Waals surface area contributed by atoms with E-state index in [1.165, 1.54) is 0 Å². The van der Waals surface area contributed by atoms with Gasteiger partial charge in [0, 0.05) is 18.3 Å². The van der Waals surface area contributed by atoms with Gasteiger partial charge in [-0.25, -0.2) is 9.59 Å². The number of nitrogens with zero attached hydrogens (tertiary/aromatic N) is 2. The molecule has 0 saturated carbocycles. The molecule has 0 saturated heterocycles. The van der Waals surface area contributed by atoms with Crippen molar-refractivity contribution >= 4 is 17.8 Å². The molecule has 7 heteroatoms. The molecule has 0 aliphatic rings. The number of nitrogen functional groups attached to an aromatic ring is 1. The molecule has 0 atom stereocenters. The predicted octanol–water partition coefficient (Wildman–Crippen LogP) is -0.229. The molecule has 7 nitrogen and oxygen atoms in total. The summed E-state index contributed by atoms with van der Waals surface area (Å²) in [4.78, 5) is 19.1. The number of hydrogen-bond acceptors (Lipinski definition) is 5. The van der Waals surface area contributed by atoms with Crippen molar-refractivity contribution in [1.82, 2.24) is 10.2 Å². The Morgan fingerprint density at radius 2 is 1.80 bits per heavy atom. The van der Waals surface area contributed by atoms with Crippen LogP contribution >= 0.6 is 0 Å². The van der Waals surface area contributed by atoms with Crippen LogP contribution in [0.15, 0.2) is 30.5 Å². The van der Waals surface area contributed by atoms with Gasteiger partial charge in [-0.1, -0.05) is 0 Å². The van der Waals surface area contributed by atoms with Gasteiger partial charge in [0.25, 0.3) is 0 Å². The fourth-order valence-electron chi connectivity index (χ4n) is 0.456. The fourth-order valence-corrected chi connectivity index (χ4v) is 0.456. The van der Waals surface area contributed by atoms with E-state index in [-0.39, 0.29) is 0 Å². The van der Waals surface area contributed by atoms with Gasteiger partial charge in [-0.15, -0.1) is 5.10 Å². The highest BCUT2D eigenvalue weighted by atomic mass is 16.4. The number of nitrogens with two attached hydrogens (primary N) is 1. The Balaban J connectivity index is 0.000000262. The molecule has 0 bridgehead atoms. The van der Waals surface area contributed by atoms with Crippen LogP contribution in [-0.4, -0.2) is 32.3 Å². The molecule has 0 fully saturated rings. The molecule has 0 radical (unpaired) electrons. The van der Waals surface area contributed by atoms with Crippen LogP contribution in [0, 0.1) is 0 Å². The van der Waals surface area contributed by atoms with Gasteiger partial charge in [-0.3, -0.25) is 0 Å². The van der Waals surface area contributed by atoms with Crippen molar-refractivity contribution < 1.29 is 19.8 Å². The van der Waals surface area contributed by atoms with Crippen LogP contribution in [0.4, 0.5) is 5.82 Å². The lowest BCUT2D eigenvalue weighted by molar-refractivity contribution is -0.134. The predicted molar refractivity (Wildman–Crippen MR) is 50.9 cm³/mol. The molecule has 15 heavy (non-hydrogen) atoms. The van der Waals surface area contributed by atoms with Gasteiger partial charge >= 0.3 is 11.9 Å². The van der Waals surface area contributed by atoms with E-state index in [1.54, 1.807) is 18.3 Å². The van der Waals surface area contributed by atoms with Crippen molar-refractivity contribution in [3.63, 3.8) is 0 Å². The molecule has 4 N–H and O–H groups in total. The number of carboxylic acid groups (broad SMARTS) is 2. The minimum absolute atomic E-state index is 0.461. The molecule has 1 rings (SSSR count). The van der Waals surface area contributed by atoms with Gasteiger partial charge in [0.15, 0.2) is 0 Å². The number of aliphatic carboxylic acids is 2. The van der Waals surface area contributed by atoms with Gasteiger partial charge in [-0.2, -0.15) is 5.10 Å². The Kier molecular flexibility index (Phi) is 5.87. The molecule has 1 heterocycles. The van der Waals surface area contributed by atoms with Crippen molar-refractivity contribution in [2.45, 2.75) is 0 Å². The van der Waals surface area contributed by atoms with Crippen LogP contribution in [-0.2, 0) is 9.59 Å². The van der Waals surface area contributed by atoms with Gasteiger partial charge in [0.1, 0.15) is 5.82 Å². The summed E-state index contributed by atoms with van der Waals surface area (Å²) in [6.07, 6.45) is 2.70. The zero-order valence-electron chi connectivity index (χ0n) is 7.57. The van der Waals surface area contributed by atoms with Crippen LogP contribution in [0.1, 0.15) is 0 Å². The maximum atomic E-state index is 9.55. The molecule has 0 unspecified atom stereocenters. The zero-order chi connectivity index (χ0) is 11.7. The van der Waals surface area contributed by atoms with Crippen molar-refractivity contribution in [3.8, 4) is 0 Å². The van der Waals surface area contributed by atoms with Crippen molar-refractivity contribution in [1.29, 1.82) is 0 Å². The minimum atomic E-state index is -1.26. The highest BCUT2D eigenvalue weighted by Crippen LogP contribution is 1.86. The third-order valence-electron chi connectivity index (χ3n) is 0.961. The van der Waals surface area contributed by atoms with Crippen LogP contribution in [0.2, 0.25) is 0 Å². The highest BCUT2D eigenvalue weighted by molar-refractivity contribution is 5.89. The van der Waals surface area contributed by atoms with Crippen LogP contribution in [0.25, 0.3) is 0 Å². The smallest absolute Gasteiger partial charge is 0.328 e. The third-order valence-corrected chi connectivity index (χ3v) is 0.961. The summed E-state index contributed by atoms with van der Waals surface area (Å²) in [7, 11) is 0. The first-order valence-corrected chi connectivity index (χ1v) is 3.69. The van der Waals surface area contributed by atoms with Gasteiger partial charge in [-0.05, 0) is 12.1 Å². The van der Waals surface area contributed by atoms with E-state index in [9.17, 15) is 9.59 Å². The Hall–Kier alpha value is -2.44. The Labute approximate surface area is 84.9 Å². The van der Waals surface area contributed by atoms with Crippen molar-refractivity contribution in [2.75, 3.05) is 5.73 Å². The lowest BCUT2D eigenvalue weighted by Gasteiger charge is -1.81. The normalized spacial score (nSPS) is 9.07. The molecule has 80 valence electrons. The second kappa shape index (κ2) is 7.01. The number of aromatic nitrogens is 2. The van der Waals surface area contributed by atoms with E-state index < -0.39 is 11.9 Å². The average Bonchev–Trinajstić information content (AvgIpc) is 2.17. The monoisotopic (exact) mass is 211 g/mol. The van der Waals surface area contributed by atoms with E-state index in [0.29, 0.717) is 18.0 Å². The lowest BCUT2D eigenvalue weighted by Crippen LogP contribution is -1.91. The molecule has 0 aliphatic heterocycles. The SMILES string of the molecule is Nc1cccnn1.O=C(O)/C=C\C(=O)O. The van der Waals surface area contributed by atoms with Gasteiger partial charge in [0.05, 0.1) is 0 Å². The van der Waals surface area contributed by atoms with E-state index in [1.807, 2.05) is 0 Å². The highest BCUT2D eigenvalue weighted by Gasteiger charge is 1.88. The Morgan fingerprint density at radius 3 is 2.00 bits per heavy atom. The topological polar surface area (TPSA) is 126 Å². The van der Waals surface area contributed by atoms with Gasteiger partial charge < -0.3 is 15.9 Å². The summed E-state index contributed by atoms with van der Waals surface area (Å²) in [5.41, 5.74) is 5.18. The molecule has 0 aliphatic carbocycles. The average molecular weight is 211 g/mol. The molecule has 1 aromatic heterocycles. The Bertz CT molecular complexity index is 334. The van der Waals surface area contributed by atoms with Crippen molar-refractivity contribution in [2.24, 2.45) is 0 Å². The number of anilines is 1. The van der Waals surface area contributed by atoms with E-state index in [4.69, 9.17) is 15.9 Å². The molecule has 0 spiro atoms. The summed E-state index contributed by atoms with van der Waals surface area (Å²) in [5, 5.41) is 22.6. The van der Waals surface area contributed by atoms with Crippen LogP contribution in [0.5, 0.6) is 0 Å². The first-order valence-electron chi connectivity index (χ1n) is 3.69. The molecular formula is C8H9N3O4. The maximum absolute atomic E-state index is 9.55. The largest absolute Gasteiger partial charge is 0.478 e. The minimum Gasteiger partial charge on any atom is -0.478 e. The molecule has 0 aromatic carbocycles. The summed E-state index contributed by atoms with van der Waals surface area (Å²) < 4.78 is 0. The molecule has 1 aromatic rings. The fraction of sp³-hybridized carbons (Fsp3) is 0. The lowest BCUT2D eigenvalue weighted by atomic mass is 10.5. The molecular weight excluding hydrogens is 202 g/mol. The number of carboxylic acids is 2. The summed E-state index contributed by atoms with van der Waals surface area (Å²) >= 11 is 0. The summed E-state index contributed by atoms with van der Waals surface area (Å²) in [6, 6.07) is 3.43.